The lowest BCUT2D eigenvalue weighted by Gasteiger charge is -2.06. The van der Waals surface area contributed by atoms with Crippen LogP contribution in [0, 0.1) is 0 Å². The molecule has 2 aromatic carbocycles. The van der Waals surface area contributed by atoms with E-state index in [4.69, 9.17) is 0 Å². The first kappa shape index (κ1) is 20.8. The lowest BCUT2D eigenvalue weighted by atomic mass is 10.1. The van der Waals surface area contributed by atoms with E-state index in [0.29, 0.717) is 12.2 Å². The summed E-state index contributed by atoms with van der Waals surface area (Å²) in [5.74, 6) is -3.09. The number of hydrogen-bond acceptors (Lipinski definition) is 4. The summed E-state index contributed by atoms with van der Waals surface area (Å²) in [6.45, 7) is 2.18. The van der Waals surface area contributed by atoms with Gasteiger partial charge in [-0.1, -0.05) is 48.5 Å². The van der Waals surface area contributed by atoms with Gasteiger partial charge in [0.25, 0.3) is 0 Å². The summed E-state index contributed by atoms with van der Waals surface area (Å²) >= 11 is 0. The summed E-state index contributed by atoms with van der Waals surface area (Å²) in [6.07, 6.45) is 9.30. The number of carbonyl (C=O) groups excluding carboxylic acids is 2. The van der Waals surface area contributed by atoms with Crippen molar-refractivity contribution in [3.05, 3.63) is 95.3 Å². The van der Waals surface area contributed by atoms with E-state index in [0.717, 1.165) is 13.1 Å². The first-order chi connectivity index (χ1) is 13.6. The van der Waals surface area contributed by atoms with Gasteiger partial charge in [-0.25, -0.2) is 0 Å². The van der Waals surface area contributed by atoms with E-state index in [1.54, 1.807) is 0 Å². The van der Waals surface area contributed by atoms with Crippen LogP contribution in [0.2, 0.25) is 0 Å². The van der Waals surface area contributed by atoms with Gasteiger partial charge < -0.3 is 30.4 Å². The number of carbonyl (C=O) groups is 2. The zero-order valence-corrected chi connectivity index (χ0v) is 15.3. The van der Waals surface area contributed by atoms with Crippen LogP contribution in [0.4, 0.5) is 0 Å². The maximum Gasteiger partial charge on any atom is 0.106 e. The van der Waals surface area contributed by atoms with E-state index in [2.05, 4.69) is 83.7 Å². The molecule has 28 heavy (non-hydrogen) atoms. The van der Waals surface area contributed by atoms with E-state index < -0.39 is 11.9 Å². The first-order valence-corrected chi connectivity index (χ1v) is 8.82. The van der Waals surface area contributed by atoms with Crippen molar-refractivity contribution >= 4 is 24.1 Å². The molecule has 0 aromatic heterocycles. The number of hydrogen-bond donors (Lipinski definition) is 2. The number of nitrogens with two attached hydrogens (primary N) is 2. The summed E-state index contributed by atoms with van der Waals surface area (Å²) in [7, 11) is 0. The lowest BCUT2D eigenvalue weighted by Crippen LogP contribution is -2.76. The van der Waals surface area contributed by atoms with E-state index in [-0.39, 0.29) is 0 Å². The van der Waals surface area contributed by atoms with Crippen molar-refractivity contribution in [3.8, 4) is 0 Å². The van der Waals surface area contributed by atoms with Gasteiger partial charge >= 0.3 is 0 Å². The topological polar surface area (TPSA) is 113 Å². The molecule has 6 nitrogen and oxygen atoms in total. The van der Waals surface area contributed by atoms with Gasteiger partial charge in [-0.15, -0.1) is 0 Å². The van der Waals surface area contributed by atoms with Gasteiger partial charge in [0.15, 0.2) is 0 Å². The average molecular weight is 378 g/mol. The zero-order chi connectivity index (χ0) is 20.2. The standard InChI is InChI=1S/2C9H9N.C4H4O4/c2*1-2-4-9-7-10-6-5-8(9)3-1;5-3(6)1-2-4(7)8/h2*1-6,10H,7H2;1-2H,(H,5,6)(H,7,8)/b;;2-1-. The third-order valence-electron chi connectivity index (χ3n) is 3.96. The quantitative estimate of drug-likeness (QED) is 0.620. The number of fused-ring (bicyclic) bond motifs is 2. The normalized spacial score (nSPS) is 13.3. The Hall–Kier alpha value is -3.48. The van der Waals surface area contributed by atoms with Crippen molar-refractivity contribution < 1.29 is 30.4 Å². The monoisotopic (exact) mass is 378 g/mol. The number of carboxylic acid groups (broad SMARTS) is 2. The fourth-order valence-electron chi connectivity index (χ4n) is 2.63. The van der Waals surface area contributed by atoms with Crippen molar-refractivity contribution in [1.82, 2.24) is 0 Å². The van der Waals surface area contributed by atoms with Crippen LogP contribution in [-0.4, -0.2) is 11.9 Å². The molecule has 0 saturated heterocycles. The fourth-order valence-corrected chi connectivity index (χ4v) is 2.63. The maximum absolute atomic E-state index is 9.41. The van der Waals surface area contributed by atoms with Gasteiger partial charge in [0, 0.05) is 11.1 Å². The average Bonchev–Trinajstić information content (AvgIpc) is 2.73. The molecule has 0 saturated carbocycles. The van der Waals surface area contributed by atoms with E-state index in [1.807, 2.05) is 0 Å². The number of quaternary nitrogens is 2. The summed E-state index contributed by atoms with van der Waals surface area (Å²) in [6, 6.07) is 17.0. The Morgan fingerprint density at radius 1 is 0.714 bits per heavy atom. The summed E-state index contributed by atoms with van der Waals surface area (Å²) < 4.78 is 0. The summed E-state index contributed by atoms with van der Waals surface area (Å²) in [5.41, 5.74) is 5.60. The van der Waals surface area contributed by atoms with Crippen LogP contribution < -0.4 is 20.8 Å². The molecule has 0 atom stereocenters. The van der Waals surface area contributed by atoms with Gasteiger partial charge in [-0.2, -0.15) is 0 Å². The second-order valence-corrected chi connectivity index (χ2v) is 5.97. The molecular formula is C22H22N2O4. The van der Waals surface area contributed by atoms with Crippen LogP contribution in [-0.2, 0) is 22.7 Å². The van der Waals surface area contributed by atoms with Gasteiger partial charge in [-0.3, -0.25) is 0 Å². The SMILES string of the molecule is C1=Cc2ccccc2C[NH2+]1.C1=Cc2ccccc2C[NH2+]1.O=C([O-])/C=C\C(=O)[O-]. The molecule has 0 radical (unpaired) electrons. The Kier molecular flexibility index (Phi) is 8.39. The van der Waals surface area contributed by atoms with Crippen LogP contribution in [0.25, 0.3) is 12.2 Å². The van der Waals surface area contributed by atoms with E-state index in [1.165, 1.54) is 22.3 Å². The van der Waals surface area contributed by atoms with Crippen LogP contribution in [0.3, 0.4) is 0 Å². The summed E-state index contributed by atoms with van der Waals surface area (Å²) in [4.78, 5) is 18.8. The highest BCUT2D eigenvalue weighted by Gasteiger charge is 2.03. The molecule has 4 N–H and O–H groups in total. The highest BCUT2D eigenvalue weighted by Crippen LogP contribution is 2.10. The van der Waals surface area contributed by atoms with Crippen molar-refractivity contribution in [2.75, 3.05) is 0 Å². The Morgan fingerprint density at radius 2 is 1.11 bits per heavy atom. The smallest absolute Gasteiger partial charge is 0.106 e. The predicted octanol–water partition coefficient (Wildman–Crippen LogP) is -1.49. The molecule has 2 heterocycles. The van der Waals surface area contributed by atoms with Crippen molar-refractivity contribution in [2.45, 2.75) is 13.1 Å². The Morgan fingerprint density at radius 3 is 1.46 bits per heavy atom. The zero-order valence-electron chi connectivity index (χ0n) is 15.3. The molecule has 0 bridgehead atoms. The number of benzene rings is 2. The third-order valence-corrected chi connectivity index (χ3v) is 3.96. The molecule has 2 aromatic rings. The second-order valence-electron chi connectivity index (χ2n) is 5.97. The molecule has 0 fully saturated rings. The molecule has 0 aliphatic carbocycles. The molecule has 2 aliphatic heterocycles. The maximum atomic E-state index is 9.41. The van der Waals surface area contributed by atoms with Crippen LogP contribution in [0.1, 0.15) is 22.3 Å². The van der Waals surface area contributed by atoms with Gasteiger partial charge in [-0.05, 0) is 35.4 Å². The predicted molar refractivity (Wildman–Crippen MR) is 101 cm³/mol. The van der Waals surface area contributed by atoms with Crippen LogP contribution >= 0.6 is 0 Å². The molecule has 4 rings (SSSR count). The van der Waals surface area contributed by atoms with Crippen molar-refractivity contribution in [2.24, 2.45) is 0 Å². The molecule has 2 aliphatic rings. The Labute approximate surface area is 163 Å². The first-order valence-electron chi connectivity index (χ1n) is 8.82. The largest absolute Gasteiger partial charge is 0.545 e. The minimum atomic E-state index is -1.55. The molecule has 0 spiro atoms. The highest BCUT2D eigenvalue weighted by atomic mass is 16.4. The van der Waals surface area contributed by atoms with Crippen LogP contribution in [0.5, 0.6) is 0 Å². The van der Waals surface area contributed by atoms with E-state index in [9.17, 15) is 19.8 Å². The highest BCUT2D eigenvalue weighted by molar-refractivity contribution is 5.87. The molecule has 6 heteroatoms. The number of aliphatic carboxylic acids is 2. The molecule has 0 unspecified atom stereocenters. The number of carboxylic acids is 2. The van der Waals surface area contributed by atoms with Crippen molar-refractivity contribution in [3.63, 3.8) is 0 Å². The van der Waals surface area contributed by atoms with E-state index >= 15 is 0 Å². The minimum absolute atomic E-state index is 0.384. The van der Waals surface area contributed by atoms with Gasteiger partial charge in [0.1, 0.15) is 13.1 Å². The van der Waals surface area contributed by atoms with Crippen molar-refractivity contribution in [1.29, 1.82) is 0 Å². The number of rotatable bonds is 2. The third kappa shape index (κ3) is 7.41. The lowest BCUT2D eigenvalue weighted by molar-refractivity contribution is -0.605. The minimum Gasteiger partial charge on any atom is -0.545 e. The molecule has 144 valence electrons. The Balaban J connectivity index is 0.000000152. The van der Waals surface area contributed by atoms with Gasteiger partial charge in [0.2, 0.25) is 0 Å². The molecular weight excluding hydrogens is 356 g/mol. The Bertz CT molecular complexity index is 827. The molecule has 0 amide bonds. The fraction of sp³-hybridized carbons (Fsp3) is 0.0909. The summed E-state index contributed by atoms with van der Waals surface area (Å²) in [5, 5.41) is 23.2. The second kappa shape index (κ2) is 11.3. The van der Waals surface area contributed by atoms with Crippen LogP contribution in [0.15, 0.2) is 73.1 Å². The van der Waals surface area contributed by atoms with Gasteiger partial charge in [0.05, 0.1) is 24.3 Å².